The Balaban J connectivity index is 1.65. The summed E-state index contributed by atoms with van der Waals surface area (Å²) in [5.74, 6) is 0.739. The number of hydrogen-bond acceptors (Lipinski definition) is 2. The van der Waals surface area contributed by atoms with Gasteiger partial charge in [-0.3, -0.25) is 4.99 Å². The van der Waals surface area contributed by atoms with Crippen molar-refractivity contribution in [2.45, 2.75) is 51.0 Å². The predicted octanol–water partition coefficient (Wildman–Crippen LogP) is 2.45. The highest BCUT2D eigenvalue weighted by Gasteiger charge is 2.24. The largest absolute Gasteiger partial charge is 0.393 e. The van der Waals surface area contributed by atoms with Crippen molar-refractivity contribution in [2.24, 2.45) is 16.6 Å². The molecule has 0 bridgehead atoms. The summed E-state index contributed by atoms with van der Waals surface area (Å²) < 4.78 is 0. The summed E-state index contributed by atoms with van der Waals surface area (Å²) in [6, 6.07) is 6.37. The van der Waals surface area contributed by atoms with Crippen molar-refractivity contribution in [3.05, 3.63) is 29.3 Å². The van der Waals surface area contributed by atoms with Gasteiger partial charge in [0, 0.05) is 18.2 Å². The second kappa shape index (κ2) is 6.48. The van der Waals surface area contributed by atoms with Crippen molar-refractivity contribution < 1.29 is 5.11 Å². The van der Waals surface area contributed by atoms with E-state index in [9.17, 15) is 5.11 Å². The predicted molar refractivity (Wildman–Crippen MR) is 86.5 cm³/mol. The molecule has 0 radical (unpaired) electrons. The van der Waals surface area contributed by atoms with E-state index in [0.717, 1.165) is 37.8 Å². The molecule has 1 aromatic carbocycles. The van der Waals surface area contributed by atoms with Gasteiger partial charge < -0.3 is 16.2 Å². The van der Waals surface area contributed by atoms with Crippen LogP contribution in [-0.4, -0.2) is 23.7 Å². The van der Waals surface area contributed by atoms with Gasteiger partial charge in [0.25, 0.3) is 0 Å². The number of anilines is 1. The lowest BCUT2D eigenvalue weighted by Gasteiger charge is -2.20. The van der Waals surface area contributed by atoms with Gasteiger partial charge in [-0.05, 0) is 55.7 Å². The zero-order valence-corrected chi connectivity index (χ0v) is 12.5. The van der Waals surface area contributed by atoms with Gasteiger partial charge in [-0.1, -0.05) is 18.6 Å². The van der Waals surface area contributed by atoms with Gasteiger partial charge in [-0.2, -0.15) is 0 Å². The third-order valence-electron chi connectivity index (χ3n) is 4.77. The molecule has 0 amide bonds. The number of nitrogens with two attached hydrogens (primary N) is 1. The number of benzene rings is 1. The molecule has 4 nitrogen and oxygen atoms in total. The summed E-state index contributed by atoms with van der Waals surface area (Å²) >= 11 is 0. The smallest absolute Gasteiger partial charge is 0.193 e. The zero-order valence-electron chi connectivity index (χ0n) is 12.5. The van der Waals surface area contributed by atoms with E-state index in [1.807, 2.05) is 0 Å². The van der Waals surface area contributed by atoms with Crippen LogP contribution >= 0.6 is 0 Å². The van der Waals surface area contributed by atoms with E-state index in [-0.39, 0.29) is 12.0 Å². The molecule has 4 heteroatoms. The molecular weight excluding hydrogens is 262 g/mol. The minimum Gasteiger partial charge on any atom is -0.393 e. The Labute approximate surface area is 126 Å². The van der Waals surface area contributed by atoms with Crippen molar-refractivity contribution >= 4 is 11.6 Å². The molecule has 0 aromatic heterocycles. The van der Waals surface area contributed by atoms with Gasteiger partial charge >= 0.3 is 0 Å². The van der Waals surface area contributed by atoms with Crippen LogP contribution in [0.2, 0.25) is 0 Å². The molecule has 0 saturated heterocycles. The Kier molecular flexibility index (Phi) is 4.44. The number of hydrogen-bond donors (Lipinski definition) is 3. The molecule has 1 aromatic rings. The third-order valence-corrected chi connectivity index (χ3v) is 4.77. The summed E-state index contributed by atoms with van der Waals surface area (Å²) in [6.45, 7) is 0.620. The summed E-state index contributed by atoms with van der Waals surface area (Å²) in [4.78, 5) is 4.42. The van der Waals surface area contributed by atoms with E-state index >= 15 is 0 Å². The highest BCUT2D eigenvalue weighted by Crippen LogP contribution is 2.28. The third kappa shape index (κ3) is 3.38. The molecule has 0 unspecified atom stereocenters. The first-order valence-corrected chi connectivity index (χ1v) is 8.10. The number of nitrogens with zero attached hydrogens (tertiary/aromatic N) is 1. The Bertz CT molecular complexity index is 527. The normalized spacial score (nSPS) is 25.7. The van der Waals surface area contributed by atoms with Crippen molar-refractivity contribution in [3.8, 4) is 0 Å². The highest BCUT2D eigenvalue weighted by atomic mass is 16.3. The minimum absolute atomic E-state index is 0.203. The molecule has 114 valence electrons. The van der Waals surface area contributed by atoms with Crippen LogP contribution in [0, 0.1) is 5.92 Å². The molecule has 4 N–H and O–H groups in total. The highest BCUT2D eigenvalue weighted by molar-refractivity contribution is 5.93. The number of rotatable bonds is 3. The minimum atomic E-state index is -0.203. The molecule has 0 spiro atoms. The van der Waals surface area contributed by atoms with Gasteiger partial charge in [0.2, 0.25) is 0 Å². The fraction of sp³-hybridized carbons (Fsp3) is 0.588. The summed E-state index contributed by atoms with van der Waals surface area (Å²) in [5, 5.41) is 13.1. The number of aryl methyl sites for hydroxylation is 1. The zero-order chi connectivity index (χ0) is 14.7. The van der Waals surface area contributed by atoms with E-state index in [1.54, 1.807) is 0 Å². The van der Waals surface area contributed by atoms with Crippen molar-refractivity contribution in [1.29, 1.82) is 0 Å². The van der Waals surface area contributed by atoms with Crippen LogP contribution in [0.4, 0.5) is 5.69 Å². The lowest BCUT2D eigenvalue weighted by Crippen LogP contribution is -2.26. The van der Waals surface area contributed by atoms with E-state index < -0.39 is 0 Å². The Hall–Kier alpha value is -1.55. The topological polar surface area (TPSA) is 70.6 Å². The maximum atomic E-state index is 9.82. The van der Waals surface area contributed by atoms with E-state index in [2.05, 4.69) is 28.5 Å². The lowest BCUT2D eigenvalue weighted by molar-refractivity contribution is 0.137. The summed E-state index contributed by atoms with van der Waals surface area (Å²) in [5.41, 5.74) is 9.94. The van der Waals surface area contributed by atoms with Gasteiger partial charge in [0.15, 0.2) is 5.96 Å². The number of aliphatic hydroxyl groups excluding tert-OH is 1. The lowest BCUT2D eigenvalue weighted by atomic mass is 9.90. The number of guanidine groups is 1. The summed E-state index contributed by atoms with van der Waals surface area (Å²) in [7, 11) is 0. The Morgan fingerprint density at radius 1 is 1.24 bits per heavy atom. The quantitative estimate of drug-likeness (QED) is 0.591. The molecule has 1 saturated carbocycles. The second-order valence-electron chi connectivity index (χ2n) is 6.26. The van der Waals surface area contributed by atoms with Crippen LogP contribution in [-0.2, 0) is 12.8 Å². The first-order chi connectivity index (χ1) is 10.2. The van der Waals surface area contributed by atoms with Crippen LogP contribution in [0.1, 0.15) is 43.2 Å². The van der Waals surface area contributed by atoms with Crippen LogP contribution in [0.5, 0.6) is 0 Å². The van der Waals surface area contributed by atoms with Crippen LogP contribution < -0.4 is 11.1 Å². The van der Waals surface area contributed by atoms with Gasteiger partial charge in [0.05, 0.1) is 6.10 Å². The summed E-state index contributed by atoms with van der Waals surface area (Å²) in [6.07, 6.45) is 7.66. The maximum absolute atomic E-state index is 9.82. The molecule has 2 atom stereocenters. The molecule has 2 aliphatic rings. The number of fused-ring (bicyclic) bond motifs is 1. The molecular formula is C17H25N3O. The average Bonchev–Trinajstić information content (AvgIpc) is 2.91. The van der Waals surface area contributed by atoms with Crippen molar-refractivity contribution in [2.75, 3.05) is 11.9 Å². The van der Waals surface area contributed by atoms with Gasteiger partial charge in [-0.25, -0.2) is 0 Å². The molecule has 2 aliphatic carbocycles. The first kappa shape index (κ1) is 14.4. The van der Waals surface area contributed by atoms with E-state index in [1.165, 1.54) is 24.0 Å². The number of aliphatic hydroxyl groups is 1. The SMILES string of the molecule is NC(=NC[C@H]1CCC[C@@H]1O)Nc1cccc2c1CCCC2. The molecule has 21 heavy (non-hydrogen) atoms. The van der Waals surface area contributed by atoms with Crippen molar-refractivity contribution in [3.63, 3.8) is 0 Å². The van der Waals surface area contributed by atoms with E-state index in [0.29, 0.717) is 12.5 Å². The maximum Gasteiger partial charge on any atom is 0.193 e. The molecule has 0 aliphatic heterocycles. The van der Waals surface area contributed by atoms with Gasteiger partial charge in [0.1, 0.15) is 0 Å². The Morgan fingerprint density at radius 3 is 2.90 bits per heavy atom. The molecule has 1 fully saturated rings. The first-order valence-electron chi connectivity index (χ1n) is 8.10. The van der Waals surface area contributed by atoms with Gasteiger partial charge in [-0.15, -0.1) is 0 Å². The Morgan fingerprint density at radius 2 is 2.10 bits per heavy atom. The number of aliphatic imine (C=N–C) groups is 1. The fourth-order valence-electron chi connectivity index (χ4n) is 3.52. The monoisotopic (exact) mass is 287 g/mol. The van der Waals surface area contributed by atoms with Crippen LogP contribution in [0.15, 0.2) is 23.2 Å². The number of nitrogens with one attached hydrogen (secondary N) is 1. The standard InChI is InChI=1S/C17H25N3O/c18-17(19-11-13-7-4-10-16(13)21)20-15-9-3-6-12-5-1-2-8-14(12)15/h3,6,9,13,16,21H,1-2,4-5,7-8,10-11H2,(H3,18,19,20)/t13-,16+/m1/s1. The second-order valence-corrected chi connectivity index (χ2v) is 6.26. The van der Waals surface area contributed by atoms with Crippen LogP contribution in [0.25, 0.3) is 0 Å². The van der Waals surface area contributed by atoms with Crippen molar-refractivity contribution in [1.82, 2.24) is 0 Å². The average molecular weight is 287 g/mol. The van der Waals surface area contributed by atoms with Crippen LogP contribution in [0.3, 0.4) is 0 Å². The van der Waals surface area contributed by atoms with E-state index in [4.69, 9.17) is 5.73 Å². The fourth-order valence-corrected chi connectivity index (χ4v) is 3.52. The molecule has 3 rings (SSSR count). The molecule has 0 heterocycles.